The molecule has 18 aromatic rings. The largest absolute Gasteiger partial charge is 0.508 e. The number of hydrogen-bond donors (Lipinski definition) is 5. The van der Waals surface area contributed by atoms with Crippen LogP contribution in [0.5, 0.6) is 17.2 Å². The molecule has 0 amide bonds. The van der Waals surface area contributed by atoms with Gasteiger partial charge in [-0.3, -0.25) is 24.3 Å². The summed E-state index contributed by atoms with van der Waals surface area (Å²) in [5.74, 6) is 1.27. The van der Waals surface area contributed by atoms with Crippen molar-refractivity contribution >= 4 is 176 Å². The molecule has 0 radical (unpaired) electrons. The van der Waals surface area contributed by atoms with E-state index in [1.807, 2.05) is 118 Å². The van der Waals surface area contributed by atoms with E-state index in [-0.39, 0.29) is 70.8 Å². The summed E-state index contributed by atoms with van der Waals surface area (Å²) in [6.45, 7) is 19.0. The third kappa shape index (κ3) is 20.8. The highest BCUT2D eigenvalue weighted by Crippen LogP contribution is 2.32. The summed E-state index contributed by atoms with van der Waals surface area (Å²) in [6, 6.07) is 38.5. The minimum atomic E-state index is -0.973. The normalized spacial score (nSPS) is 12.6. The Morgan fingerprint density at radius 1 is 0.419 bits per heavy atom. The van der Waals surface area contributed by atoms with Crippen molar-refractivity contribution in [3.8, 4) is 34.7 Å². The van der Waals surface area contributed by atoms with E-state index in [2.05, 4.69) is 95.3 Å². The van der Waals surface area contributed by atoms with Gasteiger partial charge in [0.2, 0.25) is 21.8 Å². The molecule has 12 aromatic heterocycles. The van der Waals surface area contributed by atoms with Crippen LogP contribution in [0.2, 0.25) is 21.0 Å². The number of phenolic OH excluding ortho intramolecular Hbond substituents is 2. The molecule has 43 heteroatoms. The van der Waals surface area contributed by atoms with Gasteiger partial charge in [0.05, 0.1) is 99.1 Å². The maximum absolute atomic E-state index is 11.8. The average molecular weight is 1830 g/mol. The highest BCUT2D eigenvalue weighted by atomic mass is 35.5. The Morgan fingerprint density at radius 3 is 1.22 bits per heavy atom. The summed E-state index contributed by atoms with van der Waals surface area (Å²) in [4.78, 5) is 105. The number of benzene rings is 6. The molecule has 5 N–H and O–H groups in total. The van der Waals surface area contributed by atoms with E-state index in [9.17, 15) is 29.4 Å². The van der Waals surface area contributed by atoms with Gasteiger partial charge in [0.25, 0.3) is 0 Å². The first-order valence-electron chi connectivity index (χ1n) is 40.5. The number of fused-ring (bicyclic) bond motifs is 8. The van der Waals surface area contributed by atoms with Crippen molar-refractivity contribution in [1.82, 2.24) is 123 Å². The van der Waals surface area contributed by atoms with Gasteiger partial charge >= 0.3 is 23.9 Å². The van der Waals surface area contributed by atoms with Crippen molar-refractivity contribution in [3.63, 3.8) is 0 Å². The molecule has 20 rings (SSSR count). The average Bonchev–Trinajstić information content (AvgIpc) is 1.62. The Kier molecular flexibility index (Phi) is 27.8. The molecule has 0 saturated carbocycles. The van der Waals surface area contributed by atoms with Crippen LogP contribution in [0.15, 0.2) is 171 Å². The predicted octanol–water partition coefficient (Wildman–Crippen LogP) is 12.0. The molecule has 2 fully saturated rings. The Morgan fingerprint density at radius 2 is 0.798 bits per heavy atom. The van der Waals surface area contributed by atoms with Crippen LogP contribution in [-0.4, -0.2) is 236 Å². The maximum atomic E-state index is 11.8. The molecule has 0 bridgehead atoms. The van der Waals surface area contributed by atoms with Gasteiger partial charge < -0.3 is 72.6 Å². The predicted molar refractivity (Wildman–Crippen MR) is 485 cm³/mol. The smallest absolute Gasteiger partial charge is 0.326 e. The van der Waals surface area contributed by atoms with Gasteiger partial charge in [-0.15, -0.1) is 0 Å². The number of halogens is 4. The van der Waals surface area contributed by atoms with E-state index in [1.165, 1.54) is 40.1 Å². The van der Waals surface area contributed by atoms with E-state index in [1.54, 1.807) is 100 Å². The summed E-state index contributed by atoms with van der Waals surface area (Å²) in [5.41, 5.74) is 12.9. The van der Waals surface area contributed by atoms with Gasteiger partial charge in [-0.1, -0.05) is 48.0 Å². The number of esters is 3. The van der Waals surface area contributed by atoms with Crippen LogP contribution >= 0.6 is 46.4 Å². The Hall–Kier alpha value is -14.8. The van der Waals surface area contributed by atoms with Crippen LogP contribution in [0, 0.1) is 20.8 Å². The number of carboxylic acid groups (broad SMARTS) is 1. The minimum absolute atomic E-state index is 0.00388. The fraction of sp³-hybridized carbons (Fsp3) is 0.256. The summed E-state index contributed by atoms with van der Waals surface area (Å²) in [5, 5.41) is 55.9. The molecular formula is C86H84Cl4N28O11. The second kappa shape index (κ2) is 40.2. The number of nitrogens with zero attached hydrogens (tertiary/aromatic N) is 26. The number of methoxy groups -OCH3 is 1. The van der Waals surface area contributed by atoms with Gasteiger partial charge in [0.15, 0.2) is 61.7 Å². The minimum Gasteiger partial charge on any atom is -0.508 e. The van der Waals surface area contributed by atoms with E-state index in [0.29, 0.717) is 107 Å². The molecule has 2 saturated heterocycles. The Bertz CT molecular complexity index is 6900. The SMILES string of the molecule is CCOC(=O)Cn1cnc2c(-n3ncc4ccc(C)cc43)nc(Cl)nc21.CCOC(=O)Cn1cnc2c(-n3ncc4ccc(C)cc43)nc(Cl)nc21.CCOC(=O)Cn1cnc2c(Cl)nc(Cl)nc21.COc1ccc2cn[nH]c2c1.Cc1ccc2cnn(-c3nc(N4CCN(c5ccc(O)cc5)CC4)nc4c3ncn4CC(=O)O)c2c1.Oc1ccc(N2CCNCC2)cc1. The molecule has 662 valence electrons. The van der Waals surface area contributed by atoms with E-state index < -0.39 is 5.97 Å². The lowest BCUT2D eigenvalue weighted by atomic mass is 10.2. The number of aryl methyl sites for hydroxylation is 3. The Balaban J connectivity index is 0.000000124. The van der Waals surface area contributed by atoms with E-state index >= 15 is 0 Å². The molecule has 6 aromatic carbocycles. The zero-order valence-corrected chi connectivity index (χ0v) is 73.5. The lowest BCUT2D eigenvalue weighted by Gasteiger charge is -2.36. The van der Waals surface area contributed by atoms with Crippen molar-refractivity contribution in [2.45, 2.75) is 67.7 Å². The number of aromatic amines is 1. The van der Waals surface area contributed by atoms with E-state index in [4.69, 9.17) is 80.4 Å². The quantitative estimate of drug-likeness (QED) is 0.0230. The molecule has 0 unspecified atom stereocenters. The van der Waals surface area contributed by atoms with Crippen LogP contribution in [0.3, 0.4) is 0 Å². The number of carbonyl (C=O) groups excluding carboxylic acids is 3. The topological polar surface area (TPSA) is 444 Å². The monoisotopic (exact) mass is 1820 g/mol. The van der Waals surface area contributed by atoms with Crippen molar-refractivity contribution < 1.29 is 53.4 Å². The number of phenols is 2. The summed E-state index contributed by atoms with van der Waals surface area (Å²) >= 11 is 23.8. The van der Waals surface area contributed by atoms with Crippen LogP contribution in [-0.2, 0) is 59.6 Å². The Labute approximate surface area is 753 Å². The first kappa shape index (κ1) is 89.0. The highest BCUT2D eigenvalue weighted by molar-refractivity contribution is 6.35. The number of carboxylic acids is 1. The lowest BCUT2D eigenvalue weighted by Crippen LogP contribution is -2.47. The molecule has 0 aliphatic carbocycles. The third-order valence-corrected chi connectivity index (χ3v) is 21.1. The van der Waals surface area contributed by atoms with Gasteiger partial charge in [-0.25, -0.2) is 39.0 Å². The number of aliphatic carboxylic acids is 1. The molecule has 2 aliphatic heterocycles. The molecule has 129 heavy (non-hydrogen) atoms. The van der Waals surface area contributed by atoms with Crippen molar-refractivity contribution in [3.05, 3.63) is 209 Å². The molecule has 2 aliphatic rings. The number of aromatic nitrogens is 24. The number of rotatable bonds is 18. The van der Waals surface area contributed by atoms with Crippen LogP contribution in [0.1, 0.15) is 37.5 Å². The number of nitrogens with one attached hydrogen (secondary N) is 2. The fourth-order valence-corrected chi connectivity index (χ4v) is 14.9. The number of imidazole rings is 4. The van der Waals surface area contributed by atoms with Gasteiger partial charge in [-0.2, -0.15) is 55.3 Å². The maximum Gasteiger partial charge on any atom is 0.326 e. The zero-order valence-electron chi connectivity index (χ0n) is 70.5. The first-order valence-corrected chi connectivity index (χ1v) is 42.1. The highest BCUT2D eigenvalue weighted by Gasteiger charge is 2.27. The lowest BCUT2D eigenvalue weighted by molar-refractivity contribution is -0.144. The third-order valence-electron chi connectivity index (χ3n) is 20.3. The van der Waals surface area contributed by atoms with Crippen molar-refractivity contribution in [2.24, 2.45) is 0 Å². The number of hydrogen-bond acceptors (Lipinski definition) is 30. The van der Waals surface area contributed by atoms with Crippen molar-refractivity contribution in [2.75, 3.05) is 94.0 Å². The second-order valence-corrected chi connectivity index (χ2v) is 30.5. The van der Waals surface area contributed by atoms with Crippen LogP contribution < -0.4 is 24.8 Å². The molecule has 0 atom stereocenters. The van der Waals surface area contributed by atoms with Crippen LogP contribution in [0.4, 0.5) is 17.3 Å². The number of piperazine rings is 2. The molecule has 0 spiro atoms. The molecular weight excluding hydrogens is 1740 g/mol. The first-order chi connectivity index (χ1) is 62.5. The molecule has 39 nitrogen and oxygen atoms in total. The summed E-state index contributed by atoms with van der Waals surface area (Å²) in [7, 11) is 1.65. The van der Waals surface area contributed by atoms with Gasteiger partial charge in [-0.05, 0) is 172 Å². The number of H-pyrrole nitrogens is 1. The number of ether oxygens (including phenoxy) is 4. The summed E-state index contributed by atoms with van der Waals surface area (Å²) < 4.78 is 31.2. The van der Waals surface area contributed by atoms with E-state index in [0.717, 1.165) is 111 Å². The number of aromatic hydroxyl groups is 2. The summed E-state index contributed by atoms with van der Waals surface area (Å²) in [6.07, 6.45) is 13.1. The fourth-order valence-electron chi connectivity index (χ4n) is 14.2. The van der Waals surface area contributed by atoms with Crippen LogP contribution in [0.25, 0.3) is 106 Å². The number of carbonyl (C=O) groups is 4. The standard InChI is InChI=1S/C25H24N8O3.2C17H15ClN6O2.C10H14N2O.C9H8Cl2N4O2.C8H8N2O/c1-16-2-3-17-13-27-33(20(17)12-16)24-22-23(32(15-26-22)14-21(35)36)28-25(29-24)31-10-8-30(9-11-31)18-4-6-19(34)7-5-18;2*1-3-26-13(25)8-23-9-19-14-15(23)21-17(18)22-16(14)24-12-6-10(2)4-5-11(12)7-20-24;13-10-3-1-9(2-4-10)12-7-5-11-6-8-12;1-2-17-5(16)3-15-4-12-6-7(10)13-9(11)14-8(6)15;1-11-7-3-2-6-5-9-10-8(6)4-7/h2-7,12-13,15,34H,8-11,14H2,1H3,(H,35,36);2*4-7,9H,3,8H2,1-2H3;1-4,11,13H,5-8H2;4H,2-3H2,1H3;2-5H,1H3,(H,9,10). The van der Waals surface area contributed by atoms with Gasteiger partial charge in [0.1, 0.15) is 48.9 Å². The van der Waals surface area contributed by atoms with Crippen molar-refractivity contribution in [1.29, 1.82) is 0 Å². The zero-order chi connectivity index (χ0) is 90.5. The molecule has 14 heterocycles. The number of anilines is 3. The van der Waals surface area contributed by atoms with Gasteiger partial charge in [0, 0.05) is 91.3 Å². The second-order valence-electron chi connectivity index (χ2n) is 29.2.